The van der Waals surface area contributed by atoms with Gasteiger partial charge in [0.05, 0.1) is 33.9 Å². The van der Waals surface area contributed by atoms with Gasteiger partial charge in [-0.2, -0.15) is 19.0 Å². The number of carbonyl (C=O) groups is 1. The highest BCUT2D eigenvalue weighted by Gasteiger charge is 2.67. The molecule has 292 valence electrons. The maximum Gasteiger partial charge on any atom is 0.293 e. The van der Waals surface area contributed by atoms with E-state index in [0.29, 0.717) is 34.7 Å². The van der Waals surface area contributed by atoms with Crippen LogP contribution in [0.15, 0.2) is 42.5 Å². The van der Waals surface area contributed by atoms with E-state index < -0.39 is 81.3 Å². The van der Waals surface area contributed by atoms with Crippen LogP contribution in [0.2, 0.25) is 5.02 Å². The van der Waals surface area contributed by atoms with Crippen LogP contribution < -0.4 is 10.0 Å². The number of nitrogens with one attached hydrogen (secondary N) is 2. The largest absolute Gasteiger partial charge is 0.378 e. The van der Waals surface area contributed by atoms with Gasteiger partial charge in [0.15, 0.2) is 5.82 Å². The molecule has 2 fully saturated rings. The van der Waals surface area contributed by atoms with Gasteiger partial charge >= 0.3 is 0 Å². The minimum absolute atomic E-state index is 0.0232. The van der Waals surface area contributed by atoms with Gasteiger partial charge in [-0.25, -0.2) is 31.0 Å². The summed E-state index contributed by atoms with van der Waals surface area (Å²) in [6.07, 6.45) is -1.66. The third-order valence-corrected chi connectivity index (χ3v) is 10.9. The first-order chi connectivity index (χ1) is 26.3. The Kier molecular flexibility index (Phi) is 8.93. The maximum absolute atomic E-state index is 15.4. The molecule has 3 heterocycles. The average molecular weight is 818 g/mol. The Morgan fingerprint density at radius 1 is 1.07 bits per heavy atom. The van der Waals surface area contributed by atoms with Gasteiger partial charge in [-0.1, -0.05) is 23.6 Å². The molecule has 5 aromatic rings. The van der Waals surface area contributed by atoms with E-state index in [1.807, 2.05) is 0 Å². The van der Waals surface area contributed by atoms with Gasteiger partial charge in [0.25, 0.3) is 12.3 Å². The highest BCUT2D eigenvalue weighted by molar-refractivity contribution is 7.92. The Morgan fingerprint density at radius 3 is 2.43 bits per heavy atom. The summed E-state index contributed by atoms with van der Waals surface area (Å²) < 4.78 is 117. The summed E-state index contributed by atoms with van der Waals surface area (Å²) in [6, 6.07) is 7.58. The number of hydrogen-bond acceptors (Lipinski definition) is 7. The Hall–Kier alpha value is -5.12. The van der Waals surface area contributed by atoms with E-state index in [1.54, 1.807) is 12.1 Å². The van der Waals surface area contributed by atoms with Crippen LogP contribution >= 0.6 is 11.6 Å². The smallest absolute Gasteiger partial charge is 0.293 e. The number of hydrogen-bond donors (Lipinski definition) is 3. The molecule has 3 aliphatic rings. The first kappa shape index (κ1) is 37.8. The average Bonchev–Trinajstić information content (AvgIpc) is 3.97. The lowest BCUT2D eigenvalue weighted by atomic mass is 9.93. The molecule has 3 N–H and O–H groups in total. The molecule has 2 saturated carbocycles. The van der Waals surface area contributed by atoms with E-state index >= 15 is 8.78 Å². The molecular formula is C37H30ClF6N7O4S. The van der Waals surface area contributed by atoms with Crippen molar-refractivity contribution in [1.82, 2.24) is 29.9 Å². The molecule has 1 amide bonds. The molecule has 56 heavy (non-hydrogen) atoms. The molecule has 0 spiro atoms. The monoisotopic (exact) mass is 817 g/mol. The molecule has 0 saturated heterocycles. The number of sulfonamides is 1. The van der Waals surface area contributed by atoms with Gasteiger partial charge in [-0.05, 0) is 73.4 Å². The number of carbonyl (C=O) groups excluding carboxylic acids is 1. The fraction of sp³-hybridized carbons (Fsp3) is 0.351. The lowest BCUT2D eigenvalue weighted by Crippen LogP contribution is -2.35. The summed E-state index contributed by atoms with van der Waals surface area (Å²) in [6.45, 7) is -0.909. The molecule has 19 heteroatoms. The SMILES string of the molecule is Cn1nc(NS(C)(=O)=O)c2c(Cl)ccc(-c3ccc(C#CC4(O)CC4)nc3[C@H](Cc3cc(F)cc(F)c3)NC(=O)Cn3nc(C(F)F)c4c3C(F)(F)[C@@H]3C[C@H]43)c21. The predicted octanol–water partition coefficient (Wildman–Crippen LogP) is 6.26. The van der Waals surface area contributed by atoms with E-state index in [1.165, 1.54) is 23.9 Å². The quantitative estimate of drug-likeness (QED) is 0.112. The van der Waals surface area contributed by atoms with Crippen LogP contribution in [0.3, 0.4) is 0 Å². The first-order valence-electron chi connectivity index (χ1n) is 17.2. The minimum atomic E-state index is -3.82. The van der Waals surface area contributed by atoms with E-state index in [2.05, 4.69) is 32.1 Å². The van der Waals surface area contributed by atoms with Gasteiger partial charge in [0.1, 0.15) is 40.9 Å². The third-order valence-electron chi connectivity index (χ3n) is 10.1. The molecule has 3 atom stereocenters. The maximum atomic E-state index is 15.4. The second-order valence-corrected chi connectivity index (χ2v) is 16.5. The number of anilines is 1. The van der Waals surface area contributed by atoms with Crippen LogP contribution in [0.5, 0.6) is 0 Å². The van der Waals surface area contributed by atoms with Crippen molar-refractivity contribution in [1.29, 1.82) is 0 Å². The summed E-state index contributed by atoms with van der Waals surface area (Å²) in [5.41, 5.74) is -1.86. The second kappa shape index (κ2) is 13.2. The standard InChI is InChI=1S/C37H30ClF6N7O4S/c1-50-32-22(5-6-25(38)29(32)35(48-50)49-56(2,54)55)21-4-3-20(7-8-36(53)9-10-36)45-30(21)26(13-17-11-18(39)14-19(40)12-17)46-27(52)16-51-33-28(31(47-51)34(41)42)23-15-24(23)37(33,43)44/h3-6,11-12,14,23-24,26,34,53H,9-10,13,15-16H2,1-2H3,(H,46,52)(H,48,49)/t23-,24+,26-/m0/s1. The van der Waals surface area contributed by atoms with Crippen molar-refractivity contribution in [3.8, 4) is 23.0 Å². The van der Waals surface area contributed by atoms with Gasteiger partial charge in [-0.15, -0.1) is 0 Å². The number of aromatic nitrogens is 5. The summed E-state index contributed by atoms with van der Waals surface area (Å²) in [7, 11) is -2.29. The number of pyridine rings is 1. The normalized spacial score (nSPS) is 19.3. The Balaban J connectivity index is 1.27. The number of halogens is 7. The van der Waals surface area contributed by atoms with E-state index in [4.69, 9.17) is 16.6 Å². The summed E-state index contributed by atoms with van der Waals surface area (Å²) in [5.74, 6) is -2.80. The number of fused-ring (bicyclic) bond motifs is 4. The van der Waals surface area contributed by atoms with Crippen molar-refractivity contribution in [2.75, 3.05) is 11.0 Å². The fourth-order valence-corrected chi connectivity index (χ4v) is 8.17. The Labute approximate surface area is 320 Å². The van der Waals surface area contributed by atoms with E-state index in [-0.39, 0.29) is 57.1 Å². The van der Waals surface area contributed by atoms with E-state index in [9.17, 15) is 35.9 Å². The van der Waals surface area contributed by atoms with Crippen LogP contribution in [0.1, 0.15) is 71.6 Å². The van der Waals surface area contributed by atoms with Crippen molar-refractivity contribution in [2.24, 2.45) is 13.0 Å². The van der Waals surface area contributed by atoms with Gasteiger partial charge < -0.3 is 10.4 Å². The van der Waals surface area contributed by atoms with Crippen molar-refractivity contribution >= 4 is 44.3 Å². The number of benzene rings is 2. The van der Waals surface area contributed by atoms with Gasteiger partial charge in [0.2, 0.25) is 15.9 Å². The molecule has 8 rings (SSSR count). The summed E-state index contributed by atoms with van der Waals surface area (Å²) >= 11 is 6.57. The lowest BCUT2D eigenvalue weighted by Gasteiger charge is -2.23. The second-order valence-electron chi connectivity index (χ2n) is 14.4. The molecule has 0 radical (unpaired) electrons. The molecule has 11 nitrogen and oxygen atoms in total. The number of nitrogens with zero attached hydrogens (tertiary/aromatic N) is 5. The molecule has 3 aromatic heterocycles. The van der Waals surface area contributed by atoms with Crippen molar-refractivity contribution < 1.29 is 44.7 Å². The van der Waals surface area contributed by atoms with Crippen LogP contribution in [-0.4, -0.2) is 55.8 Å². The molecule has 3 aliphatic carbocycles. The predicted molar refractivity (Wildman–Crippen MR) is 191 cm³/mol. The summed E-state index contributed by atoms with van der Waals surface area (Å²) in [4.78, 5) is 18.6. The molecule has 0 aliphatic heterocycles. The lowest BCUT2D eigenvalue weighted by molar-refractivity contribution is -0.123. The van der Waals surface area contributed by atoms with Crippen LogP contribution in [0.25, 0.3) is 22.0 Å². The highest BCUT2D eigenvalue weighted by atomic mass is 35.5. The Bertz CT molecular complexity index is 2630. The zero-order valence-corrected chi connectivity index (χ0v) is 30.9. The fourth-order valence-electron chi connectivity index (χ4n) is 7.44. The zero-order chi connectivity index (χ0) is 40.1. The van der Waals surface area contributed by atoms with E-state index in [0.717, 1.165) is 18.4 Å². The number of aryl methyl sites for hydroxylation is 1. The van der Waals surface area contributed by atoms with Crippen LogP contribution in [-0.2, 0) is 40.8 Å². The van der Waals surface area contributed by atoms with Crippen molar-refractivity contribution in [3.63, 3.8) is 0 Å². The number of rotatable bonds is 10. The topological polar surface area (TPSA) is 144 Å². The van der Waals surface area contributed by atoms with Crippen LogP contribution in [0, 0.1) is 29.4 Å². The molecule has 2 aromatic carbocycles. The van der Waals surface area contributed by atoms with Gasteiger partial charge in [0, 0.05) is 35.7 Å². The number of alkyl halides is 4. The molecular weight excluding hydrogens is 788 g/mol. The third kappa shape index (κ3) is 6.96. The molecule has 0 unspecified atom stereocenters. The number of aliphatic hydroxyl groups is 1. The highest BCUT2D eigenvalue weighted by Crippen LogP contribution is 2.68. The van der Waals surface area contributed by atoms with Crippen molar-refractivity contribution in [2.45, 2.75) is 62.1 Å². The first-order valence-corrected chi connectivity index (χ1v) is 19.5. The van der Waals surface area contributed by atoms with Crippen molar-refractivity contribution in [3.05, 3.63) is 93.0 Å². The van der Waals surface area contributed by atoms with Crippen LogP contribution in [0.4, 0.5) is 32.2 Å². The zero-order valence-electron chi connectivity index (χ0n) is 29.3. The minimum Gasteiger partial charge on any atom is -0.378 e. The summed E-state index contributed by atoms with van der Waals surface area (Å²) in [5, 5.41) is 21.5. The number of amides is 1. The Morgan fingerprint density at radius 2 is 1.77 bits per heavy atom. The molecule has 0 bridgehead atoms. The van der Waals surface area contributed by atoms with Gasteiger partial charge in [-0.3, -0.25) is 18.9 Å².